The second kappa shape index (κ2) is 16.0. The van der Waals surface area contributed by atoms with Gasteiger partial charge in [0.2, 0.25) is 11.8 Å². The number of phenols is 1. The molecule has 3 saturated heterocycles. The first-order valence-electron chi connectivity index (χ1n) is 20.4. The van der Waals surface area contributed by atoms with Crippen LogP contribution in [0.4, 0.5) is 18.9 Å². The fourth-order valence-corrected chi connectivity index (χ4v) is 11.2. The van der Waals surface area contributed by atoms with Crippen LogP contribution in [0.1, 0.15) is 48.3 Å². The third kappa shape index (κ3) is 7.05. The highest BCUT2D eigenvalue weighted by Gasteiger charge is 2.71. The highest BCUT2D eigenvalue weighted by molar-refractivity contribution is 6.36. The fourth-order valence-electron chi connectivity index (χ4n) is 10.7. The summed E-state index contributed by atoms with van der Waals surface area (Å²) >= 11 is 12.7. The Bertz CT molecular complexity index is 2480. The molecular weight excluding hydrogens is 848 g/mol. The van der Waals surface area contributed by atoms with Crippen LogP contribution in [0, 0.1) is 23.7 Å². The molecule has 4 aromatic carbocycles. The Morgan fingerprint density at radius 3 is 2.24 bits per heavy atom. The molecular formula is C46H41Cl2F3N4O7. The number of likely N-dealkylation sites (tertiary alicyclic amines) is 2. The van der Waals surface area contributed by atoms with Crippen molar-refractivity contribution in [3.8, 4) is 17.2 Å². The predicted molar refractivity (Wildman–Crippen MR) is 222 cm³/mol. The number of hydrogen-bond donors (Lipinski definition) is 2. The maximum Gasteiger partial charge on any atom is 0.573 e. The van der Waals surface area contributed by atoms with Crippen molar-refractivity contribution in [2.75, 3.05) is 25.6 Å². The third-order valence-corrected chi connectivity index (χ3v) is 13.9. The molecule has 4 aromatic rings. The third-order valence-electron chi connectivity index (χ3n) is 13.3. The molecule has 3 aliphatic heterocycles. The second-order valence-corrected chi connectivity index (χ2v) is 17.4. The first-order valence-corrected chi connectivity index (χ1v) is 21.1. The van der Waals surface area contributed by atoms with Crippen molar-refractivity contribution in [1.29, 1.82) is 0 Å². The number of allylic oxidation sites excluding steroid dienone is 2. The standard InChI is InChI=1S/C46H41Cl2F3N4O7/c1-61-29-10-7-26(8-11-29)45-35(42(58)55(44(45)60)52-37-15-9-27(47)21-36(37)48)23-33-31(40(45)34-22-30(12-16-38(34)56)62-46(49,50)51)13-14-32-39(33)43(59)54(41(32)57)28-17-19-53(20-18-28)24-25-5-3-2-4-6-25/h2-13,15-16,21-22,28,32-33,35,39-40,52,56H,14,17-20,23-24H2,1H3. The molecule has 2 N–H and O–H groups in total. The van der Waals surface area contributed by atoms with E-state index in [1.807, 2.05) is 18.2 Å². The number of carbonyl (C=O) groups excluding carboxylic acids is 4. The number of anilines is 1. The smallest absolute Gasteiger partial charge is 0.508 e. The minimum atomic E-state index is -5.10. The number of hydrogen-bond acceptors (Lipinski definition) is 9. The van der Waals surface area contributed by atoms with Gasteiger partial charge in [0.25, 0.3) is 11.8 Å². The zero-order chi connectivity index (χ0) is 43.7. The van der Waals surface area contributed by atoms with Gasteiger partial charge in [0.05, 0.1) is 41.0 Å². The monoisotopic (exact) mass is 888 g/mol. The summed E-state index contributed by atoms with van der Waals surface area (Å²) in [6.07, 6.45) is -2.17. The lowest BCUT2D eigenvalue weighted by atomic mass is 9.49. The molecule has 322 valence electrons. The van der Waals surface area contributed by atoms with Crippen LogP contribution < -0.4 is 14.9 Å². The topological polar surface area (TPSA) is 129 Å². The number of alkyl halides is 3. The van der Waals surface area contributed by atoms with Gasteiger partial charge in [0, 0.05) is 42.2 Å². The maximum absolute atomic E-state index is 15.5. The maximum atomic E-state index is 15.5. The molecule has 5 aliphatic rings. The number of benzene rings is 4. The number of amides is 4. The molecule has 4 amide bonds. The lowest BCUT2D eigenvalue weighted by Gasteiger charge is -2.50. The zero-order valence-corrected chi connectivity index (χ0v) is 34.8. The van der Waals surface area contributed by atoms with Crippen molar-refractivity contribution in [2.45, 2.75) is 56.0 Å². The lowest BCUT2D eigenvalue weighted by Crippen LogP contribution is -2.53. The molecule has 1 saturated carbocycles. The minimum absolute atomic E-state index is 0.0749. The lowest BCUT2D eigenvalue weighted by molar-refractivity contribution is -0.274. The molecule has 0 bridgehead atoms. The Kier molecular flexibility index (Phi) is 10.8. The molecule has 9 rings (SSSR count). The molecule has 3 heterocycles. The van der Waals surface area contributed by atoms with Gasteiger partial charge in [0.15, 0.2) is 0 Å². The van der Waals surface area contributed by atoms with E-state index < -0.39 is 64.7 Å². The van der Waals surface area contributed by atoms with Gasteiger partial charge in [0.1, 0.15) is 17.2 Å². The molecule has 62 heavy (non-hydrogen) atoms. The summed E-state index contributed by atoms with van der Waals surface area (Å²) in [7, 11) is 1.46. The molecule has 6 unspecified atom stereocenters. The quantitative estimate of drug-likeness (QED) is 0.126. The van der Waals surface area contributed by atoms with Crippen LogP contribution in [0.3, 0.4) is 0 Å². The Morgan fingerprint density at radius 2 is 1.56 bits per heavy atom. The van der Waals surface area contributed by atoms with Crippen LogP contribution in [0.2, 0.25) is 10.0 Å². The van der Waals surface area contributed by atoms with Gasteiger partial charge in [-0.2, -0.15) is 5.01 Å². The van der Waals surface area contributed by atoms with Gasteiger partial charge in [-0.1, -0.05) is 77.3 Å². The van der Waals surface area contributed by atoms with Crippen LogP contribution >= 0.6 is 23.2 Å². The van der Waals surface area contributed by atoms with E-state index in [0.717, 1.165) is 35.3 Å². The Hall–Kier alpha value is -5.57. The van der Waals surface area contributed by atoms with E-state index >= 15 is 9.59 Å². The van der Waals surface area contributed by atoms with E-state index in [1.165, 1.54) is 30.2 Å². The molecule has 2 aliphatic carbocycles. The van der Waals surface area contributed by atoms with Crippen LogP contribution in [0.25, 0.3) is 0 Å². The summed E-state index contributed by atoms with van der Waals surface area (Å²) in [6, 6.07) is 23.6. The van der Waals surface area contributed by atoms with E-state index in [1.54, 1.807) is 30.3 Å². The Balaban J connectivity index is 1.15. The van der Waals surface area contributed by atoms with Gasteiger partial charge in [-0.3, -0.25) is 34.4 Å². The summed E-state index contributed by atoms with van der Waals surface area (Å²) < 4.78 is 51.0. The predicted octanol–water partition coefficient (Wildman–Crippen LogP) is 8.26. The molecule has 16 heteroatoms. The number of phenolic OH excluding ortho intramolecular Hbond substituents is 1. The summed E-state index contributed by atoms with van der Waals surface area (Å²) in [6.45, 7) is 2.07. The Labute approximate surface area is 364 Å². The highest BCUT2D eigenvalue weighted by Crippen LogP contribution is 2.65. The number of fused-ring (bicyclic) bond motifs is 4. The van der Waals surface area contributed by atoms with Crippen molar-refractivity contribution in [3.05, 3.63) is 129 Å². The van der Waals surface area contributed by atoms with Gasteiger partial charge in [-0.25, -0.2) is 0 Å². The largest absolute Gasteiger partial charge is 0.573 e. The fraction of sp³-hybridized carbons (Fsp3) is 0.348. The van der Waals surface area contributed by atoms with Crippen LogP contribution in [0.15, 0.2) is 103 Å². The van der Waals surface area contributed by atoms with Crippen LogP contribution in [0.5, 0.6) is 17.2 Å². The number of halogens is 5. The van der Waals surface area contributed by atoms with Gasteiger partial charge >= 0.3 is 6.36 Å². The Morgan fingerprint density at radius 1 is 0.855 bits per heavy atom. The summed E-state index contributed by atoms with van der Waals surface area (Å²) in [5.41, 5.74) is 2.91. The minimum Gasteiger partial charge on any atom is -0.508 e. The summed E-state index contributed by atoms with van der Waals surface area (Å²) in [5, 5.41) is 12.9. The molecule has 4 fully saturated rings. The summed E-state index contributed by atoms with van der Waals surface area (Å²) in [4.78, 5) is 63.6. The summed E-state index contributed by atoms with van der Waals surface area (Å²) in [5.74, 6) is -8.01. The number of methoxy groups -OCH3 is 1. The highest BCUT2D eigenvalue weighted by atomic mass is 35.5. The number of ether oxygens (including phenoxy) is 2. The van der Waals surface area contributed by atoms with Crippen molar-refractivity contribution < 1.29 is 46.9 Å². The number of rotatable bonds is 9. The van der Waals surface area contributed by atoms with Crippen molar-refractivity contribution >= 4 is 52.5 Å². The number of nitrogens with zero attached hydrogens (tertiary/aromatic N) is 3. The second-order valence-electron chi connectivity index (χ2n) is 16.5. The van der Waals surface area contributed by atoms with E-state index in [2.05, 4.69) is 27.2 Å². The number of nitrogens with one attached hydrogen (secondary N) is 1. The van der Waals surface area contributed by atoms with E-state index in [-0.39, 0.29) is 47.0 Å². The van der Waals surface area contributed by atoms with Crippen molar-refractivity contribution in [1.82, 2.24) is 14.8 Å². The number of imide groups is 2. The van der Waals surface area contributed by atoms with Gasteiger partial charge < -0.3 is 14.6 Å². The van der Waals surface area contributed by atoms with Gasteiger partial charge in [-0.05, 0) is 91.3 Å². The normalized spacial score (nSPS) is 26.5. The number of hydrazine groups is 1. The molecule has 0 aromatic heterocycles. The van der Waals surface area contributed by atoms with Crippen LogP contribution in [-0.4, -0.2) is 76.1 Å². The van der Waals surface area contributed by atoms with Crippen molar-refractivity contribution in [2.24, 2.45) is 23.7 Å². The number of piperidine rings is 1. The average Bonchev–Trinajstić information content (AvgIpc) is 3.63. The average molecular weight is 890 g/mol. The van der Waals surface area contributed by atoms with E-state index in [0.29, 0.717) is 47.8 Å². The molecule has 6 atom stereocenters. The number of carbonyl (C=O) groups is 4. The van der Waals surface area contributed by atoms with E-state index in [4.69, 9.17) is 27.9 Å². The molecule has 11 nitrogen and oxygen atoms in total. The van der Waals surface area contributed by atoms with Gasteiger partial charge in [-0.15, -0.1) is 13.2 Å². The molecule has 0 radical (unpaired) electrons. The number of aromatic hydroxyl groups is 1. The molecule has 0 spiro atoms. The first-order chi connectivity index (χ1) is 29.7. The zero-order valence-electron chi connectivity index (χ0n) is 33.3. The van der Waals surface area contributed by atoms with Crippen LogP contribution in [-0.2, 0) is 31.1 Å². The SMILES string of the molecule is COc1ccc(C23C(=O)N(Nc4ccc(Cl)cc4Cl)C(=O)C2CC2C(=CCC4C(=O)N(C5CCN(Cc6ccccc6)CC5)C(=O)C42)C3c2cc(OC(F)(F)F)ccc2O)cc1. The van der Waals surface area contributed by atoms with Crippen molar-refractivity contribution in [3.63, 3.8) is 0 Å². The first kappa shape index (κ1) is 41.8. The van der Waals surface area contributed by atoms with E-state index in [9.17, 15) is 27.9 Å².